The minimum absolute atomic E-state index is 0.00651. The number of primary sulfonamides is 1. The molecule has 0 saturated carbocycles. The predicted octanol–water partition coefficient (Wildman–Crippen LogP) is 2.54. The molecule has 3 N–H and O–H groups in total. The van der Waals surface area contributed by atoms with Crippen molar-refractivity contribution in [3.8, 4) is 0 Å². The Labute approximate surface area is 177 Å². The molecule has 30 heavy (non-hydrogen) atoms. The summed E-state index contributed by atoms with van der Waals surface area (Å²) in [6.45, 7) is 2.50. The summed E-state index contributed by atoms with van der Waals surface area (Å²) in [6, 6.07) is 11.3. The van der Waals surface area contributed by atoms with Gasteiger partial charge in [-0.05, 0) is 67.8 Å². The van der Waals surface area contributed by atoms with Crippen LogP contribution in [0.2, 0.25) is 0 Å². The fraction of sp³-hybridized carbons (Fsp3) is 0.350. The van der Waals surface area contributed by atoms with Crippen LogP contribution >= 0.6 is 0 Å². The van der Waals surface area contributed by atoms with Gasteiger partial charge >= 0.3 is 0 Å². The van der Waals surface area contributed by atoms with Crippen LogP contribution in [0.1, 0.15) is 43.0 Å². The summed E-state index contributed by atoms with van der Waals surface area (Å²) < 4.78 is 50.2. The van der Waals surface area contributed by atoms with Gasteiger partial charge in [-0.15, -0.1) is 0 Å². The molecule has 0 unspecified atom stereocenters. The Kier molecular flexibility index (Phi) is 6.61. The molecular weight excluding hydrogens is 426 g/mol. The van der Waals surface area contributed by atoms with E-state index in [1.54, 1.807) is 4.31 Å². The maximum atomic E-state index is 13.0. The van der Waals surface area contributed by atoms with Crippen molar-refractivity contribution in [1.82, 2.24) is 4.31 Å². The molecule has 1 amide bonds. The molecule has 1 aliphatic heterocycles. The number of sulfonamides is 2. The zero-order valence-corrected chi connectivity index (χ0v) is 18.2. The van der Waals surface area contributed by atoms with E-state index in [4.69, 9.17) is 5.14 Å². The van der Waals surface area contributed by atoms with E-state index in [2.05, 4.69) is 5.32 Å². The predicted molar refractivity (Wildman–Crippen MR) is 114 cm³/mol. The molecule has 0 aliphatic carbocycles. The van der Waals surface area contributed by atoms with Gasteiger partial charge in [-0.2, -0.15) is 4.31 Å². The van der Waals surface area contributed by atoms with Crippen LogP contribution in [0.4, 0.5) is 5.69 Å². The lowest BCUT2D eigenvalue weighted by molar-refractivity contribution is 0.102. The molecule has 162 valence electrons. The topological polar surface area (TPSA) is 127 Å². The van der Waals surface area contributed by atoms with E-state index in [1.165, 1.54) is 48.5 Å². The highest BCUT2D eigenvalue weighted by Crippen LogP contribution is 2.27. The normalized spacial score (nSPS) is 18.1. The molecule has 0 bridgehead atoms. The van der Waals surface area contributed by atoms with E-state index in [0.717, 1.165) is 25.7 Å². The number of rotatable bonds is 6. The lowest BCUT2D eigenvalue weighted by atomic mass is 10.0. The van der Waals surface area contributed by atoms with Crippen LogP contribution in [0.5, 0.6) is 0 Å². The van der Waals surface area contributed by atoms with E-state index in [0.29, 0.717) is 12.2 Å². The number of nitrogens with zero attached hydrogens (tertiary/aromatic N) is 1. The second-order valence-electron chi connectivity index (χ2n) is 7.22. The first-order valence-electron chi connectivity index (χ1n) is 9.69. The minimum Gasteiger partial charge on any atom is -0.322 e. The molecule has 0 radical (unpaired) electrons. The van der Waals surface area contributed by atoms with Gasteiger partial charge < -0.3 is 5.32 Å². The summed E-state index contributed by atoms with van der Waals surface area (Å²) in [5.74, 6) is -0.438. The van der Waals surface area contributed by atoms with E-state index < -0.39 is 26.0 Å². The smallest absolute Gasteiger partial charge is 0.255 e. The summed E-state index contributed by atoms with van der Waals surface area (Å²) in [5.41, 5.74) is 0.679. The van der Waals surface area contributed by atoms with E-state index in [1.807, 2.05) is 6.92 Å². The number of piperidine rings is 1. The Hall–Kier alpha value is -2.27. The van der Waals surface area contributed by atoms with Crippen molar-refractivity contribution in [3.05, 3.63) is 54.1 Å². The number of nitrogens with two attached hydrogens (primary N) is 1. The van der Waals surface area contributed by atoms with Gasteiger partial charge in [0.15, 0.2) is 0 Å². The number of benzene rings is 2. The molecule has 1 atom stereocenters. The molecule has 1 saturated heterocycles. The molecule has 10 heteroatoms. The van der Waals surface area contributed by atoms with Crippen LogP contribution in [0.15, 0.2) is 58.3 Å². The largest absolute Gasteiger partial charge is 0.322 e. The van der Waals surface area contributed by atoms with Crippen molar-refractivity contribution >= 4 is 31.6 Å². The molecule has 2 aromatic rings. The van der Waals surface area contributed by atoms with Gasteiger partial charge in [0.25, 0.3) is 5.91 Å². The van der Waals surface area contributed by atoms with Crippen molar-refractivity contribution in [3.63, 3.8) is 0 Å². The van der Waals surface area contributed by atoms with Crippen molar-refractivity contribution in [2.24, 2.45) is 5.14 Å². The van der Waals surface area contributed by atoms with Crippen molar-refractivity contribution in [2.75, 3.05) is 11.9 Å². The maximum Gasteiger partial charge on any atom is 0.255 e. The zero-order valence-electron chi connectivity index (χ0n) is 16.6. The van der Waals surface area contributed by atoms with Gasteiger partial charge in [-0.1, -0.05) is 13.3 Å². The highest BCUT2D eigenvalue weighted by atomic mass is 32.2. The van der Waals surface area contributed by atoms with Crippen LogP contribution in [0.25, 0.3) is 0 Å². The number of anilines is 1. The molecular formula is C20H25N3O5S2. The van der Waals surface area contributed by atoms with Crippen LogP contribution in [-0.2, 0) is 20.0 Å². The molecule has 1 fully saturated rings. The lowest BCUT2D eigenvalue weighted by Crippen LogP contribution is -2.43. The first-order chi connectivity index (χ1) is 14.1. The Morgan fingerprint density at radius 2 is 1.60 bits per heavy atom. The molecule has 1 aliphatic rings. The zero-order chi connectivity index (χ0) is 21.9. The molecule has 1 heterocycles. The second-order valence-corrected chi connectivity index (χ2v) is 10.7. The van der Waals surface area contributed by atoms with E-state index >= 15 is 0 Å². The van der Waals surface area contributed by atoms with Gasteiger partial charge in [-0.25, -0.2) is 22.0 Å². The van der Waals surface area contributed by atoms with Crippen molar-refractivity contribution < 1.29 is 21.6 Å². The first-order valence-corrected chi connectivity index (χ1v) is 12.7. The van der Waals surface area contributed by atoms with E-state index in [9.17, 15) is 21.6 Å². The fourth-order valence-electron chi connectivity index (χ4n) is 3.54. The third-order valence-electron chi connectivity index (χ3n) is 5.21. The third kappa shape index (κ3) is 4.89. The van der Waals surface area contributed by atoms with E-state index in [-0.39, 0.29) is 21.4 Å². The number of hydrogen-bond acceptors (Lipinski definition) is 5. The van der Waals surface area contributed by atoms with Gasteiger partial charge in [-0.3, -0.25) is 4.79 Å². The van der Waals surface area contributed by atoms with Gasteiger partial charge in [0.05, 0.1) is 9.79 Å². The van der Waals surface area contributed by atoms with Crippen LogP contribution < -0.4 is 10.5 Å². The van der Waals surface area contributed by atoms with Crippen LogP contribution in [0.3, 0.4) is 0 Å². The van der Waals surface area contributed by atoms with Crippen molar-refractivity contribution in [1.29, 1.82) is 0 Å². The lowest BCUT2D eigenvalue weighted by Gasteiger charge is -2.34. The molecule has 0 aromatic heterocycles. The fourth-order valence-corrected chi connectivity index (χ4v) is 5.83. The SMILES string of the molecule is CC[C@@H]1CCCCN1S(=O)(=O)c1ccc(C(=O)Nc2ccc(S(N)(=O)=O)cc2)cc1. The maximum absolute atomic E-state index is 13.0. The first kappa shape index (κ1) is 22.4. The summed E-state index contributed by atoms with van der Waals surface area (Å²) in [5, 5.41) is 7.69. The average Bonchev–Trinajstić information content (AvgIpc) is 2.73. The Morgan fingerprint density at radius 1 is 1.00 bits per heavy atom. The number of hydrogen-bond donors (Lipinski definition) is 2. The van der Waals surface area contributed by atoms with Crippen molar-refractivity contribution in [2.45, 2.75) is 48.4 Å². The summed E-state index contributed by atoms with van der Waals surface area (Å²) in [7, 11) is -7.42. The summed E-state index contributed by atoms with van der Waals surface area (Å²) >= 11 is 0. The number of carbonyl (C=O) groups is 1. The molecule has 3 rings (SSSR count). The minimum atomic E-state index is -3.81. The number of amides is 1. The van der Waals surface area contributed by atoms with Gasteiger partial charge in [0.1, 0.15) is 0 Å². The summed E-state index contributed by atoms with van der Waals surface area (Å²) in [6.07, 6.45) is 3.51. The highest BCUT2D eigenvalue weighted by Gasteiger charge is 2.32. The average molecular weight is 452 g/mol. The van der Waals surface area contributed by atoms with Crippen LogP contribution in [-0.4, -0.2) is 39.6 Å². The molecule has 0 spiro atoms. The summed E-state index contributed by atoms with van der Waals surface area (Å²) in [4.78, 5) is 12.5. The van der Waals surface area contributed by atoms with Crippen LogP contribution in [0, 0.1) is 0 Å². The third-order valence-corrected chi connectivity index (χ3v) is 8.10. The Balaban J connectivity index is 1.74. The number of carbonyl (C=O) groups excluding carboxylic acids is 1. The Morgan fingerprint density at radius 3 is 2.17 bits per heavy atom. The second kappa shape index (κ2) is 8.84. The molecule has 2 aromatic carbocycles. The number of nitrogens with one attached hydrogen (secondary N) is 1. The highest BCUT2D eigenvalue weighted by molar-refractivity contribution is 7.89. The monoisotopic (exact) mass is 451 g/mol. The quantitative estimate of drug-likeness (QED) is 0.698. The molecule has 8 nitrogen and oxygen atoms in total. The van der Waals surface area contributed by atoms with Gasteiger partial charge in [0, 0.05) is 23.8 Å². The standard InChI is InChI=1S/C20H25N3O5S2/c1-2-17-5-3-4-14-23(17)30(27,28)19-10-6-15(7-11-19)20(24)22-16-8-12-18(13-9-16)29(21,25)26/h6-13,17H,2-5,14H2,1H3,(H,22,24)(H2,21,25,26)/t17-/m1/s1. The van der Waals surface area contributed by atoms with Gasteiger partial charge in [0.2, 0.25) is 20.0 Å². The Bertz CT molecular complexity index is 1110.